The maximum absolute atomic E-state index is 13.6. The molecule has 0 aliphatic carbocycles. The Labute approximate surface area is 241 Å². The highest BCUT2D eigenvalue weighted by Crippen LogP contribution is 2.46. The van der Waals surface area contributed by atoms with Gasteiger partial charge in [0.05, 0.1) is 11.2 Å². The molecule has 2 aliphatic heterocycles. The first-order valence-corrected chi connectivity index (χ1v) is 13.0. The van der Waals surface area contributed by atoms with E-state index in [0.29, 0.717) is 18.7 Å². The zero-order valence-electron chi connectivity index (χ0n) is 23.8. The maximum atomic E-state index is 13.6. The van der Waals surface area contributed by atoms with Crippen molar-refractivity contribution < 1.29 is 59.3 Å². The number of amides is 1. The molecule has 0 saturated carbocycles. The van der Waals surface area contributed by atoms with Crippen LogP contribution in [0.3, 0.4) is 0 Å². The summed E-state index contributed by atoms with van der Waals surface area (Å²) in [7, 11) is 6.87. The maximum Gasteiger partial charge on any atom is 0.434 e. The van der Waals surface area contributed by atoms with Crippen LogP contribution in [-0.4, -0.2) is 127 Å². The summed E-state index contributed by atoms with van der Waals surface area (Å²) in [5.74, 6) is 0. The second-order valence-electron chi connectivity index (χ2n) is 12.0. The second-order valence-corrected chi connectivity index (χ2v) is 12.0. The summed E-state index contributed by atoms with van der Waals surface area (Å²) in [4.78, 5) is 16.2. The summed E-state index contributed by atoms with van der Waals surface area (Å²) >= 11 is 0. The molecule has 1 aromatic rings. The van der Waals surface area contributed by atoms with Gasteiger partial charge >= 0.3 is 24.6 Å². The number of rotatable bonds is 4. The van der Waals surface area contributed by atoms with Gasteiger partial charge in [-0.3, -0.25) is 9.80 Å². The number of benzene rings is 1. The molecule has 2 N–H and O–H groups in total. The van der Waals surface area contributed by atoms with Crippen molar-refractivity contribution in [1.82, 2.24) is 9.80 Å². The third kappa shape index (κ3) is 5.86. The normalized spacial score (nSPS) is 27.0. The number of alkyl halides is 9. The molecule has 2 aliphatic rings. The van der Waals surface area contributed by atoms with Crippen LogP contribution in [0.15, 0.2) is 18.2 Å². The summed E-state index contributed by atoms with van der Waals surface area (Å²) < 4.78 is 124. The average Bonchev–Trinajstić information content (AvgIpc) is 3.32. The van der Waals surface area contributed by atoms with E-state index in [-0.39, 0.29) is 17.1 Å². The smallest absolute Gasteiger partial charge is 0.426 e. The zero-order chi connectivity index (χ0) is 32.5. The molecule has 0 radical (unpaired) electrons. The fraction of sp³-hybridized carbons (Fsp3) is 0.650. The number of ether oxygens (including phenoxy) is 1. The van der Waals surface area contributed by atoms with E-state index < -0.39 is 58.2 Å². The molecular weight excluding hydrogens is 582 g/mol. The van der Waals surface area contributed by atoms with Gasteiger partial charge in [-0.05, 0) is 30.5 Å². The molecule has 42 heavy (non-hydrogen) atoms. The number of halogens is 9. The number of anilines is 1. The quantitative estimate of drug-likeness (QED) is 0.289. The van der Waals surface area contributed by atoms with Gasteiger partial charge in [-0.2, -0.15) is 39.5 Å². The Morgan fingerprint density at radius 3 is 1.81 bits per heavy atom. The number of carbonyl (C=O) groups is 1. The molecule has 228 valence electrons. The van der Waals surface area contributed by atoms with Crippen molar-refractivity contribution in [2.24, 2.45) is 0 Å². The number of hydrogen-bond donors (Lipinski definition) is 2. The van der Waals surface area contributed by atoms with Crippen molar-refractivity contribution >= 4 is 58.9 Å². The summed E-state index contributed by atoms with van der Waals surface area (Å²) in [6, 6.07) is 3.03. The summed E-state index contributed by atoms with van der Waals surface area (Å²) in [6.07, 6.45) is -22.0. The number of hydrogen-bond acceptors (Lipinski definition) is 6. The van der Waals surface area contributed by atoms with Gasteiger partial charge < -0.3 is 19.8 Å². The fourth-order valence-electron chi connectivity index (χ4n) is 5.69. The van der Waals surface area contributed by atoms with Gasteiger partial charge in [-0.1, -0.05) is 6.07 Å². The van der Waals surface area contributed by atoms with Crippen molar-refractivity contribution in [3.8, 4) is 0 Å². The minimum atomic E-state index is -6.03. The van der Waals surface area contributed by atoms with Crippen LogP contribution in [0.2, 0.25) is 0 Å². The number of nitrogens with zero attached hydrogens (tertiary/aromatic N) is 3. The SMILES string of the molecule is BC1(B)N(C(=O)OC(C(F)(F)F)C(F)(F)F)C(B)(O)C(B)(B)N(Cc2ccc(C(F)(F)F)cc2N2CCCC2)C1(B)O. The molecule has 2 heterocycles. The topological polar surface area (TPSA) is 76.5 Å². The van der Waals surface area contributed by atoms with Crippen LogP contribution in [0.25, 0.3) is 0 Å². The van der Waals surface area contributed by atoms with Gasteiger partial charge in [0.1, 0.15) is 37.0 Å². The Kier molecular flexibility index (Phi) is 8.63. The molecule has 22 heteroatoms. The first-order valence-electron chi connectivity index (χ1n) is 13.0. The first kappa shape index (κ1) is 34.4. The van der Waals surface area contributed by atoms with E-state index in [1.54, 1.807) is 4.90 Å². The predicted octanol–water partition coefficient (Wildman–Crippen LogP) is -2.55. The number of carbonyl (C=O) groups excluding carboxylic acids is 1. The molecule has 2 atom stereocenters. The van der Waals surface area contributed by atoms with Crippen LogP contribution < -0.4 is 4.90 Å². The van der Waals surface area contributed by atoms with Gasteiger partial charge in [0.2, 0.25) is 0 Å². The highest BCUT2D eigenvalue weighted by molar-refractivity contribution is 6.50. The summed E-state index contributed by atoms with van der Waals surface area (Å²) in [5, 5.41) is 19.5. The second kappa shape index (κ2) is 10.5. The Morgan fingerprint density at radius 1 is 0.857 bits per heavy atom. The Hall–Kier alpha value is -2.07. The van der Waals surface area contributed by atoms with Crippen LogP contribution in [0, 0.1) is 0 Å². The molecule has 2 unspecified atom stereocenters. The molecular formula is C20H28B6F9N3O4. The summed E-state index contributed by atoms with van der Waals surface area (Å²) in [6.45, 7) is 0.590. The van der Waals surface area contributed by atoms with E-state index in [0.717, 1.165) is 56.4 Å². The van der Waals surface area contributed by atoms with Crippen LogP contribution in [0.1, 0.15) is 24.0 Å². The van der Waals surface area contributed by atoms with E-state index in [1.165, 1.54) is 26.7 Å². The molecule has 3 rings (SSSR count). The minimum absolute atomic E-state index is 0.214. The molecule has 2 saturated heterocycles. The van der Waals surface area contributed by atoms with Gasteiger partial charge in [0.25, 0.3) is 6.10 Å². The fourth-order valence-corrected chi connectivity index (χ4v) is 5.69. The van der Waals surface area contributed by atoms with Gasteiger partial charge in [0.15, 0.2) is 15.7 Å². The van der Waals surface area contributed by atoms with Crippen LogP contribution in [0.4, 0.5) is 50.0 Å². The Morgan fingerprint density at radius 2 is 1.36 bits per heavy atom. The van der Waals surface area contributed by atoms with Crippen LogP contribution in [-0.2, 0) is 17.5 Å². The number of aliphatic hydroxyl groups is 2. The third-order valence-corrected chi connectivity index (χ3v) is 8.70. The molecule has 0 spiro atoms. The van der Waals surface area contributed by atoms with Gasteiger partial charge in [-0.25, -0.2) is 4.79 Å². The molecule has 0 bridgehead atoms. The minimum Gasteiger partial charge on any atom is -0.426 e. The zero-order valence-corrected chi connectivity index (χ0v) is 23.8. The molecule has 1 amide bonds. The van der Waals surface area contributed by atoms with Crippen molar-refractivity contribution in [2.45, 2.75) is 65.9 Å². The third-order valence-electron chi connectivity index (χ3n) is 8.70. The monoisotopic (exact) mass is 611 g/mol. The van der Waals surface area contributed by atoms with E-state index in [2.05, 4.69) is 4.74 Å². The highest BCUT2D eigenvalue weighted by atomic mass is 19.4. The average molecular weight is 610 g/mol. The lowest BCUT2D eigenvalue weighted by Crippen LogP contribution is -2.92. The van der Waals surface area contributed by atoms with Crippen molar-refractivity contribution in [2.75, 3.05) is 18.0 Å². The lowest BCUT2D eigenvalue weighted by Gasteiger charge is -2.70. The first-order chi connectivity index (χ1) is 18.7. The van der Waals surface area contributed by atoms with Crippen LogP contribution >= 0.6 is 0 Å². The standard InChI is InChI=1S/C20H28B6F9N3O4/c21-17(22)20(26,41)38(13(39)42-12(15(30,31)32)16(33,34)35)18(23,24)19(25,40)37(17)8-9-3-4-10(14(27,28)29)7-11(9)36-5-1-2-6-36/h3-4,7,12,40-41H,1-2,5-6,8,21-26H2. The lowest BCUT2D eigenvalue weighted by atomic mass is 9.38. The molecule has 2 fully saturated rings. The largest absolute Gasteiger partial charge is 0.434 e. The van der Waals surface area contributed by atoms with E-state index in [1.807, 2.05) is 0 Å². The van der Waals surface area contributed by atoms with Crippen LogP contribution in [0.5, 0.6) is 0 Å². The van der Waals surface area contributed by atoms with E-state index in [4.69, 9.17) is 0 Å². The lowest BCUT2D eigenvalue weighted by molar-refractivity contribution is -0.312. The van der Waals surface area contributed by atoms with Gasteiger partial charge in [-0.15, -0.1) is 0 Å². The van der Waals surface area contributed by atoms with Crippen molar-refractivity contribution in [3.63, 3.8) is 0 Å². The van der Waals surface area contributed by atoms with E-state index >= 15 is 0 Å². The summed E-state index contributed by atoms with van der Waals surface area (Å²) in [5.41, 5.74) is -5.28. The Balaban J connectivity index is 2.10. The van der Waals surface area contributed by atoms with Gasteiger partial charge in [0, 0.05) is 36.0 Å². The van der Waals surface area contributed by atoms with Crippen molar-refractivity contribution in [3.05, 3.63) is 29.3 Å². The Bertz CT molecular complexity index is 1150. The van der Waals surface area contributed by atoms with Crippen molar-refractivity contribution in [1.29, 1.82) is 0 Å². The van der Waals surface area contributed by atoms with E-state index in [9.17, 15) is 54.5 Å². The predicted molar refractivity (Wildman–Crippen MR) is 149 cm³/mol. The molecule has 1 aromatic carbocycles. The highest BCUT2D eigenvalue weighted by Gasteiger charge is 2.68. The molecule has 0 aromatic heterocycles. The number of piperazine rings is 1. The molecule has 7 nitrogen and oxygen atoms in total.